The highest BCUT2D eigenvalue weighted by molar-refractivity contribution is 7.89. The number of hydrogen-bond acceptors (Lipinski definition) is 6. The number of thiocarbonyl (C=S) groups is 1. The number of nitrogens with two attached hydrogens (primary N) is 2. The second-order valence-corrected chi connectivity index (χ2v) is 8.22. The Morgan fingerprint density at radius 1 is 1.17 bits per heavy atom. The molecule has 3 aromatic rings. The van der Waals surface area contributed by atoms with Crippen molar-refractivity contribution < 1.29 is 22.7 Å². The van der Waals surface area contributed by atoms with E-state index in [4.69, 9.17) is 44.2 Å². The number of carbonyl (C=O) groups is 1. The van der Waals surface area contributed by atoms with E-state index in [1.54, 1.807) is 12.1 Å². The topological polar surface area (TPSA) is 149 Å². The summed E-state index contributed by atoms with van der Waals surface area (Å²) in [6, 6.07) is 15.0. The van der Waals surface area contributed by atoms with Crippen molar-refractivity contribution in [3.63, 3.8) is 0 Å². The van der Waals surface area contributed by atoms with E-state index >= 15 is 0 Å². The van der Waals surface area contributed by atoms with Crippen molar-refractivity contribution >= 4 is 50.5 Å². The highest BCUT2D eigenvalue weighted by Crippen LogP contribution is 2.28. The summed E-state index contributed by atoms with van der Waals surface area (Å²) >= 11 is 10.6. The normalized spacial score (nSPS) is 10.6. The zero-order valence-corrected chi connectivity index (χ0v) is 17.8. The van der Waals surface area contributed by atoms with Crippen LogP contribution < -0.4 is 16.2 Å². The van der Waals surface area contributed by atoms with Gasteiger partial charge in [0.25, 0.3) is 0 Å². The van der Waals surface area contributed by atoms with Crippen LogP contribution in [0.25, 0.3) is 0 Å². The standard InChI is InChI=1S/C12H11ClN2O5S.C7H7NS/c13-9-5-10(15-6-7-2-1-3-20-7)8(12(16)17)4-11(9)21(14,18)19;8-7(9)6-4-2-1-3-5-6/h1-5,15H,6H2,(H,16,17)(H2,14,18,19);1-5H,(H2,8,9). The zero-order valence-electron chi connectivity index (χ0n) is 15.4. The first-order valence-electron chi connectivity index (χ1n) is 8.30. The van der Waals surface area contributed by atoms with E-state index in [0.29, 0.717) is 10.7 Å². The van der Waals surface area contributed by atoms with Crippen LogP contribution in [0.15, 0.2) is 70.2 Å². The first-order chi connectivity index (χ1) is 14.1. The number of primary sulfonamides is 1. The van der Waals surface area contributed by atoms with Crippen molar-refractivity contribution in [1.82, 2.24) is 0 Å². The van der Waals surface area contributed by atoms with Crippen LogP contribution in [-0.4, -0.2) is 24.5 Å². The molecule has 6 N–H and O–H groups in total. The number of furan rings is 1. The van der Waals surface area contributed by atoms with Crippen LogP contribution in [0.2, 0.25) is 5.02 Å². The third-order valence-corrected chi connectivity index (χ3v) is 5.31. The summed E-state index contributed by atoms with van der Waals surface area (Å²) in [5, 5.41) is 16.8. The van der Waals surface area contributed by atoms with E-state index in [0.717, 1.165) is 11.6 Å². The number of anilines is 1. The molecule has 30 heavy (non-hydrogen) atoms. The Bertz CT molecular complexity index is 1130. The predicted molar refractivity (Wildman–Crippen MR) is 118 cm³/mol. The fourth-order valence-electron chi connectivity index (χ4n) is 2.29. The lowest BCUT2D eigenvalue weighted by Gasteiger charge is -2.11. The van der Waals surface area contributed by atoms with Gasteiger partial charge in [-0.3, -0.25) is 0 Å². The van der Waals surface area contributed by atoms with Gasteiger partial charge < -0.3 is 20.6 Å². The van der Waals surface area contributed by atoms with Crippen molar-refractivity contribution in [2.24, 2.45) is 10.9 Å². The number of aromatic carboxylic acids is 1. The van der Waals surface area contributed by atoms with E-state index in [1.807, 2.05) is 30.3 Å². The van der Waals surface area contributed by atoms with Gasteiger partial charge in [-0.2, -0.15) is 0 Å². The van der Waals surface area contributed by atoms with Crippen molar-refractivity contribution in [1.29, 1.82) is 0 Å². The number of rotatable bonds is 6. The average molecular weight is 468 g/mol. The number of carboxylic acids is 1. The third-order valence-electron chi connectivity index (χ3n) is 3.70. The van der Waals surface area contributed by atoms with E-state index in [-0.39, 0.29) is 22.8 Å². The van der Waals surface area contributed by atoms with Crippen LogP contribution >= 0.6 is 23.8 Å². The number of nitrogens with one attached hydrogen (secondary N) is 1. The van der Waals surface area contributed by atoms with Gasteiger partial charge >= 0.3 is 5.97 Å². The Morgan fingerprint density at radius 2 is 1.83 bits per heavy atom. The summed E-state index contributed by atoms with van der Waals surface area (Å²) in [6.07, 6.45) is 1.48. The lowest BCUT2D eigenvalue weighted by Crippen LogP contribution is -2.15. The SMILES string of the molecule is NC(=S)c1ccccc1.NS(=O)(=O)c1cc(C(=O)O)c(NCc2ccco2)cc1Cl. The Labute approximate surface area is 183 Å². The summed E-state index contributed by atoms with van der Waals surface area (Å²) in [5.74, 6) is -0.725. The van der Waals surface area contributed by atoms with Crippen molar-refractivity contribution in [2.45, 2.75) is 11.4 Å². The van der Waals surface area contributed by atoms with Crippen molar-refractivity contribution in [3.05, 3.63) is 82.8 Å². The molecule has 0 aliphatic carbocycles. The minimum Gasteiger partial charge on any atom is -0.478 e. The highest BCUT2D eigenvalue weighted by Gasteiger charge is 2.20. The minimum absolute atomic E-state index is 0.163. The molecule has 2 aromatic carbocycles. The quantitative estimate of drug-likeness (QED) is 0.404. The molecular formula is C19H18ClN3O5S2. The molecule has 3 rings (SSSR count). The molecule has 0 amide bonds. The van der Waals surface area contributed by atoms with Crippen LogP contribution in [0.1, 0.15) is 21.7 Å². The Morgan fingerprint density at radius 3 is 2.30 bits per heavy atom. The van der Waals surface area contributed by atoms with Crippen LogP contribution in [0.4, 0.5) is 5.69 Å². The van der Waals surface area contributed by atoms with Crippen molar-refractivity contribution in [2.75, 3.05) is 5.32 Å². The van der Waals surface area contributed by atoms with Crippen LogP contribution in [0, 0.1) is 0 Å². The molecule has 0 bridgehead atoms. The van der Waals surface area contributed by atoms with E-state index in [2.05, 4.69) is 5.32 Å². The van der Waals surface area contributed by atoms with Crippen LogP contribution in [-0.2, 0) is 16.6 Å². The van der Waals surface area contributed by atoms with Gasteiger partial charge in [0, 0.05) is 5.56 Å². The Kier molecular flexibility index (Phi) is 7.95. The molecule has 0 unspecified atom stereocenters. The molecule has 8 nitrogen and oxygen atoms in total. The summed E-state index contributed by atoms with van der Waals surface area (Å²) in [7, 11) is -4.11. The second-order valence-electron chi connectivity index (χ2n) is 5.84. The lowest BCUT2D eigenvalue weighted by atomic mass is 10.1. The smallest absolute Gasteiger partial charge is 0.337 e. The summed E-state index contributed by atoms with van der Waals surface area (Å²) < 4.78 is 27.8. The molecule has 0 saturated heterocycles. The number of halogens is 1. The van der Waals surface area contributed by atoms with Crippen LogP contribution in [0.3, 0.4) is 0 Å². The van der Waals surface area contributed by atoms with Crippen LogP contribution in [0.5, 0.6) is 0 Å². The fraction of sp³-hybridized carbons (Fsp3) is 0.0526. The average Bonchev–Trinajstić information content (AvgIpc) is 3.20. The number of benzene rings is 2. The van der Waals surface area contributed by atoms with Crippen molar-refractivity contribution in [3.8, 4) is 0 Å². The van der Waals surface area contributed by atoms with E-state index < -0.39 is 20.9 Å². The predicted octanol–water partition coefficient (Wildman–Crippen LogP) is 3.21. The lowest BCUT2D eigenvalue weighted by molar-refractivity contribution is 0.0697. The Hall–Kier alpha value is -2.92. The maximum atomic E-state index is 11.3. The van der Waals surface area contributed by atoms with Gasteiger partial charge in [0.2, 0.25) is 10.0 Å². The molecule has 0 aliphatic rings. The second kappa shape index (κ2) is 10.2. The maximum absolute atomic E-state index is 11.3. The number of carboxylic acid groups (broad SMARTS) is 1. The maximum Gasteiger partial charge on any atom is 0.337 e. The summed E-state index contributed by atoms with van der Waals surface area (Å²) in [6.45, 7) is 0.221. The molecule has 1 aromatic heterocycles. The molecule has 158 valence electrons. The molecule has 11 heteroatoms. The van der Waals surface area contributed by atoms with Gasteiger partial charge in [0.1, 0.15) is 15.6 Å². The van der Waals surface area contributed by atoms with E-state index in [1.165, 1.54) is 12.3 Å². The van der Waals surface area contributed by atoms with Gasteiger partial charge in [0.05, 0.1) is 29.1 Å². The molecule has 0 fully saturated rings. The largest absolute Gasteiger partial charge is 0.478 e. The zero-order chi connectivity index (χ0) is 22.3. The van der Waals surface area contributed by atoms with Gasteiger partial charge in [-0.1, -0.05) is 54.2 Å². The number of hydrogen-bond donors (Lipinski definition) is 4. The molecule has 0 saturated carbocycles. The molecule has 0 spiro atoms. The monoisotopic (exact) mass is 467 g/mol. The summed E-state index contributed by atoms with van der Waals surface area (Å²) in [5.41, 5.74) is 6.18. The molecular weight excluding hydrogens is 450 g/mol. The molecule has 0 atom stereocenters. The van der Waals surface area contributed by atoms with Gasteiger partial charge in [0.15, 0.2) is 0 Å². The first kappa shape index (κ1) is 23.4. The molecule has 0 radical (unpaired) electrons. The minimum atomic E-state index is -4.11. The molecule has 0 aliphatic heterocycles. The fourth-order valence-corrected chi connectivity index (χ4v) is 3.53. The number of sulfonamides is 1. The van der Waals surface area contributed by atoms with Gasteiger partial charge in [-0.15, -0.1) is 0 Å². The highest BCUT2D eigenvalue weighted by atomic mass is 35.5. The molecule has 1 heterocycles. The summed E-state index contributed by atoms with van der Waals surface area (Å²) in [4.78, 5) is 11.2. The van der Waals surface area contributed by atoms with Gasteiger partial charge in [-0.25, -0.2) is 18.4 Å². The Balaban J connectivity index is 0.000000297. The van der Waals surface area contributed by atoms with Gasteiger partial charge in [-0.05, 0) is 24.3 Å². The first-order valence-corrected chi connectivity index (χ1v) is 10.6. The van der Waals surface area contributed by atoms with E-state index in [9.17, 15) is 13.2 Å². The third kappa shape index (κ3) is 6.56.